The van der Waals surface area contributed by atoms with E-state index in [1.54, 1.807) is 13.3 Å². The van der Waals surface area contributed by atoms with E-state index in [0.717, 1.165) is 54.3 Å². The van der Waals surface area contributed by atoms with Crippen molar-refractivity contribution in [2.45, 2.75) is 32.7 Å². The number of hydrogen-bond donors (Lipinski definition) is 3. The molecule has 1 aromatic heterocycles. The van der Waals surface area contributed by atoms with Gasteiger partial charge in [-0.3, -0.25) is 4.99 Å². The normalized spacial score (nSPS) is 24.8. The molecule has 0 spiro atoms. The van der Waals surface area contributed by atoms with Gasteiger partial charge in [0.1, 0.15) is 5.82 Å². The minimum absolute atomic E-state index is 0.384. The maximum Gasteiger partial charge on any atom is 0.229 e. The minimum Gasteiger partial charge on any atom is -0.398 e. The molecule has 9 heteroatoms. The van der Waals surface area contributed by atoms with E-state index < -0.39 is 11.0 Å². The van der Waals surface area contributed by atoms with Gasteiger partial charge in [-0.2, -0.15) is 4.98 Å². The van der Waals surface area contributed by atoms with Crippen molar-refractivity contribution >= 4 is 39.8 Å². The highest BCUT2D eigenvalue weighted by Gasteiger charge is 2.42. The third-order valence-electron chi connectivity index (χ3n) is 6.43. The number of fused-ring (bicyclic) bond motifs is 1. The van der Waals surface area contributed by atoms with Crippen LogP contribution in [0.2, 0.25) is 0 Å². The molecule has 2 heterocycles. The van der Waals surface area contributed by atoms with Gasteiger partial charge < -0.3 is 16.4 Å². The number of aromatic nitrogens is 2. The van der Waals surface area contributed by atoms with E-state index in [1.807, 2.05) is 38.2 Å². The number of rotatable bonds is 6. The molecule has 1 aliphatic carbocycles. The third-order valence-corrected chi connectivity index (χ3v) is 7.45. The number of nitrogen functional groups attached to an aromatic ring is 1. The van der Waals surface area contributed by atoms with E-state index >= 15 is 0 Å². The summed E-state index contributed by atoms with van der Waals surface area (Å²) in [6.07, 6.45) is 5.78. The predicted molar refractivity (Wildman–Crippen MR) is 128 cm³/mol. The molecule has 3 atom stereocenters. The van der Waals surface area contributed by atoms with Crippen LogP contribution in [0.5, 0.6) is 0 Å². The van der Waals surface area contributed by atoms with Crippen LogP contribution in [0.25, 0.3) is 0 Å². The molecular weight excluding hydrogens is 410 g/mol. The Morgan fingerprint density at radius 2 is 2.00 bits per heavy atom. The quantitative estimate of drug-likeness (QED) is 0.470. The Labute approximate surface area is 186 Å². The zero-order valence-electron chi connectivity index (χ0n) is 18.6. The second-order valence-corrected chi connectivity index (χ2v) is 9.93. The Morgan fingerprint density at radius 1 is 1.29 bits per heavy atom. The van der Waals surface area contributed by atoms with Crippen LogP contribution in [0.3, 0.4) is 0 Å². The third kappa shape index (κ3) is 4.72. The molecule has 4 rings (SSSR count). The lowest BCUT2D eigenvalue weighted by atomic mass is 10.0. The zero-order chi connectivity index (χ0) is 22.1. The van der Waals surface area contributed by atoms with Crippen molar-refractivity contribution in [2.75, 3.05) is 42.8 Å². The summed E-state index contributed by atoms with van der Waals surface area (Å²) in [4.78, 5) is 13.3. The molecule has 0 bridgehead atoms. The maximum absolute atomic E-state index is 11.8. The fourth-order valence-corrected chi connectivity index (χ4v) is 5.45. The second kappa shape index (κ2) is 8.92. The SMILES string of the molecule is CN=C(C)c1ccc(Nc2ncc(C)c(NC3CC4CN(S(C)=O)CC4C3)n2)cc1N. The van der Waals surface area contributed by atoms with Crippen molar-refractivity contribution in [3.63, 3.8) is 0 Å². The molecule has 2 aliphatic rings. The predicted octanol–water partition coefficient (Wildman–Crippen LogP) is 2.97. The van der Waals surface area contributed by atoms with Gasteiger partial charge in [-0.05, 0) is 56.7 Å². The molecule has 31 heavy (non-hydrogen) atoms. The lowest BCUT2D eigenvalue weighted by molar-refractivity contribution is 0.479. The van der Waals surface area contributed by atoms with Crippen molar-refractivity contribution in [1.29, 1.82) is 0 Å². The molecule has 1 saturated heterocycles. The fourth-order valence-electron chi connectivity index (χ4n) is 4.65. The maximum atomic E-state index is 11.8. The molecule has 4 N–H and O–H groups in total. The molecule has 2 aromatic rings. The first-order valence-corrected chi connectivity index (χ1v) is 12.1. The lowest BCUT2D eigenvalue weighted by Crippen LogP contribution is -2.26. The number of anilines is 4. The van der Waals surface area contributed by atoms with Crippen molar-refractivity contribution < 1.29 is 4.21 Å². The number of nitrogens with zero attached hydrogens (tertiary/aromatic N) is 4. The molecule has 1 saturated carbocycles. The van der Waals surface area contributed by atoms with E-state index in [9.17, 15) is 4.21 Å². The summed E-state index contributed by atoms with van der Waals surface area (Å²) < 4.78 is 13.8. The van der Waals surface area contributed by atoms with Crippen LogP contribution >= 0.6 is 0 Å². The smallest absolute Gasteiger partial charge is 0.229 e. The number of aliphatic imine (C=N–C) groups is 1. The van der Waals surface area contributed by atoms with Crippen LogP contribution in [0, 0.1) is 18.8 Å². The van der Waals surface area contributed by atoms with E-state index in [0.29, 0.717) is 29.5 Å². The molecular formula is C22H31N7OS. The Kier molecular flexibility index (Phi) is 6.24. The highest BCUT2D eigenvalue weighted by atomic mass is 32.2. The monoisotopic (exact) mass is 441 g/mol. The van der Waals surface area contributed by atoms with Crippen molar-refractivity contribution in [1.82, 2.24) is 14.3 Å². The average Bonchev–Trinajstić information content (AvgIpc) is 3.29. The summed E-state index contributed by atoms with van der Waals surface area (Å²) in [5.74, 6) is 2.61. The van der Waals surface area contributed by atoms with Gasteiger partial charge in [0.25, 0.3) is 0 Å². The minimum atomic E-state index is -0.864. The molecule has 0 amide bonds. The van der Waals surface area contributed by atoms with Crippen LogP contribution < -0.4 is 16.4 Å². The number of nitrogens with one attached hydrogen (secondary N) is 2. The Morgan fingerprint density at radius 3 is 2.61 bits per heavy atom. The van der Waals surface area contributed by atoms with Crippen molar-refractivity contribution in [2.24, 2.45) is 16.8 Å². The second-order valence-electron chi connectivity index (χ2n) is 8.56. The molecule has 1 aliphatic heterocycles. The van der Waals surface area contributed by atoms with E-state index in [-0.39, 0.29) is 0 Å². The van der Waals surface area contributed by atoms with Gasteiger partial charge >= 0.3 is 0 Å². The lowest BCUT2D eigenvalue weighted by Gasteiger charge is -2.19. The topological polar surface area (TPSA) is 109 Å². The van der Waals surface area contributed by atoms with Gasteiger partial charge in [0, 0.05) is 66.8 Å². The number of benzene rings is 1. The van der Waals surface area contributed by atoms with Gasteiger partial charge in [0.15, 0.2) is 0 Å². The summed E-state index contributed by atoms with van der Waals surface area (Å²) in [5.41, 5.74) is 10.5. The number of aryl methyl sites for hydroxylation is 1. The summed E-state index contributed by atoms with van der Waals surface area (Å²) in [7, 11) is 0.894. The highest BCUT2D eigenvalue weighted by molar-refractivity contribution is 7.81. The molecule has 0 radical (unpaired) electrons. The van der Waals surface area contributed by atoms with Gasteiger partial charge in [-0.1, -0.05) is 0 Å². The van der Waals surface area contributed by atoms with Gasteiger partial charge in [-0.25, -0.2) is 13.5 Å². The zero-order valence-corrected chi connectivity index (χ0v) is 19.4. The molecule has 2 fully saturated rings. The molecule has 166 valence electrons. The fraction of sp³-hybridized carbons (Fsp3) is 0.500. The molecule has 1 aromatic carbocycles. The van der Waals surface area contributed by atoms with Gasteiger partial charge in [0.05, 0.1) is 11.0 Å². The first-order valence-electron chi connectivity index (χ1n) is 10.6. The summed E-state index contributed by atoms with van der Waals surface area (Å²) in [5, 5.41) is 6.88. The first-order chi connectivity index (χ1) is 14.8. The van der Waals surface area contributed by atoms with E-state index in [1.165, 1.54) is 0 Å². The van der Waals surface area contributed by atoms with Crippen LogP contribution in [-0.2, 0) is 11.0 Å². The first kappa shape index (κ1) is 21.7. The van der Waals surface area contributed by atoms with E-state index in [2.05, 4.69) is 24.9 Å². The summed E-state index contributed by atoms with van der Waals surface area (Å²) in [6, 6.07) is 6.17. The van der Waals surface area contributed by atoms with Gasteiger partial charge in [0.2, 0.25) is 5.95 Å². The number of hydrogen-bond acceptors (Lipinski definition) is 7. The standard InChI is InChI=1S/C22H31N7OS/c1-13-10-25-22(27-17-5-6-19(14(2)24-3)20(23)9-17)28-21(13)26-18-7-15-11-29(31(4)30)12-16(15)8-18/h5-6,9-10,15-16,18H,7-8,11-12,23H2,1-4H3,(H2,25,26,27,28). The molecule has 8 nitrogen and oxygen atoms in total. The van der Waals surface area contributed by atoms with E-state index in [4.69, 9.17) is 10.7 Å². The van der Waals surface area contributed by atoms with Crippen LogP contribution in [0.4, 0.5) is 23.1 Å². The van der Waals surface area contributed by atoms with Crippen LogP contribution in [0.1, 0.15) is 30.9 Å². The number of nitrogens with two attached hydrogens (primary N) is 1. The van der Waals surface area contributed by atoms with Crippen molar-refractivity contribution in [3.8, 4) is 0 Å². The molecule has 3 unspecified atom stereocenters. The van der Waals surface area contributed by atoms with Crippen LogP contribution in [0.15, 0.2) is 29.4 Å². The Bertz CT molecular complexity index is 1010. The van der Waals surface area contributed by atoms with Crippen molar-refractivity contribution in [3.05, 3.63) is 35.5 Å². The van der Waals surface area contributed by atoms with Crippen LogP contribution in [-0.4, -0.2) is 56.6 Å². The largest absolute Gasteiger partial charge is 0.398 e. The highest BCUT2D eigenvalue weighted by Crippen LogP contribution is 2.39. The Hall–Kier alpha value is -2.52. The summed E-state index contributed by atoms with van der Waals surface area (Å²) in [6.45, 7) is 5.82. The average molecular weight is 442 g/mol. The summed E-state index contributed by atoms with van der Waals surface area (Å²) >= 11 is 0. The van der Waals surface area contributed by atoms with Gasteiger partial charge in [-0.15, -0.1) is 0 Å². The Balaban J connectivity index is 1.43.